The first-order valence-electron chi connectivity index (χ1n) is 8.22. The standard InChI is InChI=1S/C19H19ClN4OS/c1-13(15-8-4-3-5-9-15)24-12-21-23-19(24)26-14(2)18(25)22-17-11-7-6-10-16(17)20/h3-14H,1-2H3,(H,22,25)/t13-,14-/m1/s1. The molecule has 26 heavy (non-hydrogen) atoms. The summed E-state index contributed by atoms with van der Waals surface area (Å²) in [5.41, 5.74) is 1.76. The van der Waals surface area contributed by atoms with Gasteiger partial charge in [-0.25, -0.2) is 0 Å². The van der Waals surface area contributed by atoms with Crippen molar-refractivity contribution in [2.45, 2.75) is 30.3 Å². The maximum Gasteiger partial charge on any atom is 0.237 e. The van der Waals surface area contributed by atoms with Crippen molar-refractivity contribution in [3.05, 3.63) is 71.5 Å². The van der Waals surface area contributed by atoms with E-state index in [1.807, 2.05) is 41.8 Å². The Morgan fingerprint density at radius 2 is 1.81 bits per heavy atom. The molecule has 0 fully saturated rings. The van der Waals surface area contributed by atoms with Gasteiger partial charge in [0.25, 0.3) is 0 Å². The van der Waals surface area contributed by atoms with Gasteiger partial charge in [0.1, 0.15) is 6.33 Å². The highest BCUT2D eigenvalue weighted by atomic mass is 35.5. The summed E-state index contributed by atoms with van der Waals surface area (Å²) in [7, 11) is 0. The van der Waals surface area contributed by atoms with Crippen LogP contribution in [0.25, 0.3) is 0 Å². The number of anilines is 1. The third-order valence-corrected chi connectivity index (χ3v) is 5.42. The van der Waals surface area contributed by atoms with E-state index in [1.54, 1.807) is 18.5 Å². The normalized spacial score (nSPS) is 13.2. The lowest BCUT2D eigenvalue weighted by Gasteiger charge is -2.17. The summed E-state index contributed by atoms with van der Waals surface area (Å²) in [6.07, 6.45) is 1.69. The Morgan fingerprint density at radius 1 is 1.12 bits per heavy atom. The maximum atomic E-state index is 12.5. The molecule has 2 aromatic carbocycles. The number of amides is 1. The number of hydrogen-bond acceptors (Lipinski definition) is 4. The largest absolute Gasteiger partial charge is 0.324 e. The molecule has 1 N–H and O–H groups in total. The van der Waals surface area contributed by atoms with E-state index >= 15 is 0 Å². The average Bonchev–Trinajstić information content (AvgIpc) is 3.11. The number of para-hydroxylation sites is 1. The fourth-order valence-electron chi connectivity index (χ4n) is 2.48. The van der Waals surface area contributed by atoms with Gasteiger partial charge in [-0.15, -0.1) is 10.2 Å². The predicted molar refractivity (Wildman–Crippen MR) is 106 cm³/mol. The third-order valence-electron chi connectivity index (χ3n) is 4.02. The van der Waals surface area contributed by atoms with Crippen molar-refractivity contribution in [1.29, 1.82) is 0 Å². The summed E-state index contributed by atoms with van der Waals surface area (Å²) >= 11 is 7.47. The maximum absolute atomic E-state index is 12.5. The van der Waals surface area contributed by atoms with Crippen LogP contribution in [0.4, 0.5) is 5.69 Å². The highest BCUT2D eigenvalue weighted by Crippen LogP contribution is 2.28. The van der Waals surface area contributed by atoms with E-state index in [9.17, 15) is 4.79 Å². The molecule has 7 heteroatoms. The number of rotatable bonds is 6. The monoisotopic (exact) mass is 386 g/mol. The number of nitrogens with one attached hydrogen (secondary N) is 1. The average molecular weight is 387 g/mol. The highest BCUT2D eigenvalue weighted by molar-refractivity contribution is 8.00. The molecular formula is C19H19ClN4OS. The zero-order valence-corrected chi connectivity index (χ0v) is 16.0. The van der Waals surface area contributed by atoms with Gasteiger partial charge in [-0.2, -0.15) is 0 Å². The van der Waals surface area contributed by atoms with Crippen molar-refractivity contribution in [3.8, 4) is 0 Å². The molecular weight excluding hydrogens is 368 g/mol. The number of benzene rings is 2. The molecule has 3 rings (SSSR count). The number of carbonyl (C=O) groups is 1. The molecule has 3 aromatic rings. The molecule has 0 radical (unpaired) electrons. The minimum Gasteiger partial charge on any atom is -0.324 e. The van der Waals surface area contributed by atoms with Crippen LogP contribution in [-0.2, 0) is 4.79 Å². The number of halogens is 1. The van der Waals surface area contributed by atoms with Gasteiger partial charge in [0, 0.05) is 0 Å². The molecule has 1 aromatic heterocycles. The smallest absolute Gasteiger partial charge is 0.237 e. The molecule has 2 atom stereocenters. The van der Waals surface area contributed by atoms with E-state index in [0.717, 1.165) is 5.56 Å². The zero-order chi connectivity index (χ0) is 18.5. The lowest BCUT2D eigenvalue weighted by molar-refractivity contribution is -0.115. The molecule has 0 saturated carbocycles. The van der Waals surface area contributed by atoms with Crippen molar-refractivity contribution >= 4 is 35.0 Å². The molecule has 5 nitrogen and oxygen atoms in total. The zero-order valence-electron chi connectivity index (χ0n) is 14.5. The summed E-state index contributed by atoms with van der Waals surface area (Å²) in [5, 5.41) is 11.9. The topological polar surface area (TPSA) is 59.8 Å². The number of nitrogens with zero attached hydrogens (tertiary/aromatic N) is 3. The van der Waals surface area contributed by atoms with Crippen LogP contribution in [0.3, 0.4) is 0 Å². The van der Waals surface area contributed by atoms with Crippen LogP contribution in [0.2, 0.25) is 5.02 Å². The fourth-order valence-corrected chi connectivity index (χ4v) is 3.57. The minimum absolute atomic E-state index is 0.0764. The second kappa shape index (κ2) is 8.38. The molecule has 134 valence electrons. The molecule has 0 aliphatic heterocycles. The van der Waals surface area contributed by atoms with E-state index in [1.165, 1.54) is 11.8 Å². The minimum atomic E-state index is -0.350. The Hall–Kier alpha value is -2.31. The number of carbonyl (C=O) groups excluding carboxylic acids is 1. The SMILES string of the molecule is C[C@H](c1ccccc1)n1cnnc1S[C@H](C)C(=O)Nc1ccccc1Cl. The number of thioether (sulfide) groups is 1. The Bertz CT molecular complexity index is 884. The van der Waals surface area contributed by atoms with Crippen LogP contribution in [0.5, 0.6) is 0 Å². The predicted octanol–water partition coefficient (Wildman–Crippen LogP) is 4.66. The Kier molecular flexibility index (Phi) is 5.96. The van der Waals surface area contributed by atoms with Crippen molar-refractivity contribution in [2.24, 2.45) is 0 Å². The van der Waals surface area contributed by atoms with Crippen molar-refractivity contribution in [1.82, 2.24) is 14.8 Å². The van der Waals surface area contributed by atoms with E-state index in [2.05, 4.69) is 34.6 Å². The quantitative estimate of drug-likeness (QED) is 0.626. The second-order valence-corrected chi connectivity index (χ2v) is 7.55. The first kappa shape index (κ1) is 18.5. The Balaban J connectivity index is 1.70. The fraction of sp³-hybridized carbons (Fsp3) is 0.211. The lowest BCUT2D eigenvalue weighted by Crippen LogP contribution is -2.23. The molecule has 0 aliphatic carbocycles. The van der Waals surface area contributed by atoms with Gasteiger partial charge < -0.3 is 9.88 Å². The second-order valence-electron chi connectivity index (χ2n) is 5.84. The van der Waals surface area contributed by atoms with E-state index in [-0.39, 0.29) is 17.2 Å². The molecule has 1 heterocycles. The summed E-state index contributed by atoms with van der Waals surface area (Å²) in [6, 6.07) is 17.4. The van der Waals surface area contributed by atoms with Gasteiger partial charge in [0.15, 0.2) is 5.16 Å². The lowest BCUT2D eigenvalue weighted by atomic mass is 10.1. The molecule has 1 amide bonds. The molecule has 0 saturated heterocycles. The van der Waals surface area contributed by atoms with Crippen molar-refractivity contribution in [2.75, 3.05) is 5.32 Å². The van der Waals surface area contributed by atoms with E-state index < -0.39 is 0 Å². The number of hydrogen-bond donors (Lipinski definition) is 1. The van der Waals surface area contributed by atoms with Crippen LogP contribution < -0.4 is 5.32 Å². The third kappa shape index (κ3) is 4.26. The van der Waals surface area contributed by atoms with Gasteiger partial charge in [-0.3, -0.25) is 4.79 Å². The van der Waals surface area contributed by atoms with Crippen LogP contribution in [0.15, 0.2) is 66.1 Å². The Morgan fingerprint density at radius 3 is 2.54 bits per heavy atom. The molecule has 0 unspecified atom stereocenters. The van der Waals surface area contributed by atoms with E-state index in [0.29, 0.717) is 15.9 Å². The van der Waals surface area contributed by atoms with Gasteiger partial charge in [-0.1, -0.05) is 65.8 Å². The van der Waals surface area contributed by atoms with Gasteiger partial charge in [0.05, 0.1) is 22.0 Å². The summed E-state index contributed by atoms with van der Waals surface area (Å²) in [4.78, 5) is 12.5. The van der Waals surface area contributed by atoms with Crippen molar-refractivity contribution < 1.29 is 4.79 Å². The summed E-state index contributed by atoms with van der Waals surface area (Å²) < 4.78 is 1.97. The number of aromatic nitrogens is 3. The molecule has 0 bridgehead atoms. The summed E-state index contributed by atoms with van der Waals surface area (Å²) in [6.45, 7) is 3.92. The van der Waals surface area contributed by atoms with Gasteiger partial charge >= 0.3 is 0 Å². The van der Waals surface area contributed by atoms with E-state index in [4.69, 9.17) is 11.6 Å². The Labute approximate surface area is 161 Å². The van der Waals surface area contributed by atoms with Crippen LogP contribution in [0, 0.1) is 0 Å². The van der Waals surface area contributed by atoms with Crippen LogP contribution in [0.1, 0.15) is 25.5 Å². The van der Waals surface area contributed by atoms with Crippen molar-refractivity contribution in [3.63, 3.8) is 0 Å². The first-order chi connectivity index (χ1) is 12.6. The summed E-state index contributed by atoms with van der Waals surface area (Å²) in [5.74, 6) is -0.134. The molecule has 0 aliphatic rings. The highest BCUT2D eigenvalue weighted by Gasteiger charge is 2.20. The van der Waals surface area contributed by atoms with Crippen LogP contribution >= 0.6 is 23.4 Å². The van der Waals surface area contributed by atoms with Gasteiger partial charge in [0.2, 0.25) is 5.91 Å². The molecule has 0 spiro atoms. The first-order valence-corrected chi connectivity index (χ1v) is 9.48. The van der Waals surface area contributed by atoms with Crippen LogP contribution in [-0.4, -0.2) is 25.9 Å². The van der Waals surface area contributed by atoms with Gasteiger partial charge in [-0.05, 0) is 31.5 Å².